The van der Waals surface area contributed by atoms with Crippen LogP contribution in [0.1, 0.15) is 38.5 Å². The summed E-state index contributed by atoms with van der Waals surface area (Å²) < 4.78 is 6.00. The summed E-state index contributed by atoms with van der Waals surface area (Å²) in [5, 5.41) is 13.2. The van der Waals surface area contributed by atoms with Crippen molar-refractivity contribution in [2.24, 2.45) is 0 Å². The third-order valence-corrected chi connectivity index (χ3v) is 5.56. The molecule has 1 aromatic carbocycles. The second-order valence-corrected chi connectivity index (χ2v) is 7.57. The molecule has 1 amide bonds. The van der Waals surface area contributed by atoms with Gasteiger partial charge >= 0.3 is 0 Å². The van der Waals surface area contributed by atoms with E-state index >= 15 is 0 Å². The molecule has 0 spiro atoms. The number of rotatable bonds is 5. The number of terminal acetylenes is 1. The van der Waals surface area contributed by atoms with Gasteiger partial charge in [-0.1, -0.05) is 23.6 Å². The van der Waals surface area contributed by atoms with Crippen LogP contribution in [0.15, 0.2) is 24.3 Å². The molecule has 1 saturated carbocycles. The zero-order valence-electron chi connectivity index (χ0n) is 15.2. The summed E-state index contributed by atoms with van der Waals surface area (Å²) in [5.74, 6) is 3.34. The van der Waals surface area contributed by atoms with Gasteiger partial charge in [-0.25, -0.2) is 0 Å². The smallest absolute Gasteiger partial charge is 0.238 e. The fourth-order valence-electron chi connectivity index (χ4n) is 3.89. The summed E-state index contributed by atoms with van der Waals surface area (Å²) >= 11 is 5.99. The number of nitriles is 1. The Hall–Kier alpha value is -2.21. The van der Waals surface area contributed by atoms with Crippen molar-refractivity contribution < 1.29 is 9.53 Å². The van der Waals surface area contributed by atoms with Gasteiger partial charge in [0.15, 0.2) is 0 Å². The van der Waals surface area contributed by atoms with E-state index in [2.05, 4.69) is 17.3 Å². The summed E-state index contributed by atoms with van der Waals surface area (Å²) in [5.41, 5.74) is 0. The molecule has 5 nitrogen and oxygen atoms in total. The lowest BCUT2D eigenvalue weighted by Crippen LogP contribution is -2.47. The lowest BCUT2D eigenvalue weighted by molar-refractivity contribution is -0.131. The van der Waals surface area contributed by atoms with E-state index in [0.717, 1.165) is 31.4 Å². The van der Waals surface area contributed by atoms with Crippen LogP contribution in [0, 0.1) is 23.7 Å². The number of benzene rings is 1. The molecule has 142 valence electrons. The summed E-state index contributed by atoms with van der Waals surface area (Å²) in [4.78, 5) is 14.1. The van der Waals surface area contributed by atoms with Crippen LogP contribution in [0.3, 0.4) is 0 Å². The normalized spacial score (nSPS) is 27.6. The Kier molecular flexibility index (Phi) is 6.61. The molecule has 1 heterocycles. The highest BCUT2D eigenvalue weighted by Gasteiger charge is 2.36. The van der Waals surface area contributed by atoms with Gasteiger partial charge in [-0.2, -0.15) is 5.26 Å². The first-order valence-electron chi connectivity index (χ1n) is 9.43. The Balaban J connectivity index is 1.43. The van der Waals surface area contributed by atoms with Gasteiger partial charge in [0.05, 0.1) is 24.8 Å². The molecular weight excluding hydrogens is 362 g/mol. The van der Waals surface area contributed by atoms with Crippen molar-refractivity contribution in [1.82, 2.24) is 10.2 Å². The first kappa shape index (κ1) is 19.5. The molecule has 27 heavy (non-hydrogen) atoms. The Morgan fingerprint density at radius 1 is 1.26 bits per heavy atom. The molecule has 0 aromatic heterocycles. The van der Waals surface area contributed by atoms with E-state index in [9.17, 15) is 10.1 Å². The maximum atomic E-state index is 12.5. The predicted molar refractivity (Wildman–Crippen MR) is 104 cm³/mol. The average Bonchev–Trinajstić information content (AvgIpc) is 3.10. The zero-order chi connectivity index (χ0) is 19.2. The van der Waals surface area contributed by atoms with E-state index in [1.165, 1.54) is 0 Å². The molecule has 2 aliphatic rings. The summed E-state index contributed by atoms with van der Waals surface area (Å²) in [6.07, 6.45) is 10.8. The summed E-state index contributed by atoms with van der Waals surface area (Å²) in [6.45, 7) is 0.223. The van der Waals surface area contributed by atoms with Crippen molar-refractivity contribution in [3.8, 4) is 24.2 Å². The molecule has 0 unspecified atom stereocenters. The number of hydrogen-bond donors (Lipinski definition) is 1. The number of nitrogens with zero attached hydrogens (tertiary/aromatic N) is 2. The number of carbonyl (C=O) groups is 1. The topological polar surface area (TPSA) is 65.4 Å². The molecule has 1 saturated heterocycles. The number of halogens is 1. The van der Waals surface area contributed by atoms with Gasteiger partial charge in [-0.15, -0.1) is 6.42 Å². The Morgan fingerprint density at radius 3 is 2.67 bits per heavy atom. The number of ether oxygens (including phenoxy) is 1. The summed E-state index contributed by atoms with van der Waals surface area (Å²) in [6, 6.07) is 9.26. The van der Waals surface area contributed by atoms with Crippen LogP contribution >= 0.6 is 11.6 Å². The SMILES string of the molecule is C#C[C@H]1CC[C@@H](C#N)N1C(=O)CNC1CCC(Oc2cccc(Cl)c2)CC1. The number of carbonyl (C=O) groups excluding carboxylic acids is 1. The van der Waals surface area contributed by atoms with Gasteiger partial charge in [-0.05, 0) is 56.7 Å². The Morgan fingerprint density at radius 2 is 2.00 bits per heavy atom. The van der Waals surface area contributed by atoms with Crippen LogP contribution < -0.4 is 10.1 Å². The number of hydrogen-bond acceptors (Lipinski definition) is 4. The third-order valence-electron chi connectivity index (χ3n) is 5.33. The molecule has 1 N–H and O–H groups in total. The van der Waals surface area contributed by atoms with E-state index in [-0.39, 0.29) is 30.6 Å². The standard InChI is InChI=1S/C21H24ClN3O2/c1-2-17-8-9-18(13-23)25(17)21(26)14-24-16-6-10-19(11-7-16)27-20-5-3-4-15(22)12-20/h1,3-5,12,16-19,24H,6-11,14H2/t16?,17-,18-,19?/m0/s1. The van der Waals surface area contributed by atoms with Crippen LogP contribution in [-0.2, 0) is 4.79 Å². The number of likely N-dealkylation sites (tertiary alicyclic amines) is 1. The second kappa shape index (κ2) is 9.13. The highest BCUT2D eigenvalue weighted by Crippen LogP contribution is 2.26. The van der Waals surface area contributed by atoms with Gasteiger partial charge < -0.3 is 15.0 Å². The molecule has 1 aromatic rings. The molecule has 1 aliphatic carbocycles. The Labute approximate surface area is 165 Å². The lowest BCUT2D eigenvalue weighted by atomic mass is 9.93. The van der Waals surface area contributed by atoms with Crippen molar-refractivity contribution >= 4 is 17.5 Å². The minimum atomic E-state index is -0.401. The van der Waals surface area contributed by atoms with Gasteiger partial charge in [0.2, 0.25) is 5.91 Å². The third kappa shape index (κ3) is 4.95. The van der Waals surface area contributed by atoms with Crippen molar-refractivity contribution in [3.05, 3.63) is 29.3 Å². The van der Waals surface area contributed by atoms with Gasteiger partial charge in [0, 0.05) is 11.1 Å². The first-order chi connectivity index (χ1) is 13.1. The fraction of sp³-hybridized carbons (Fsp3) is 0.524. The zero-order valence-corrected chi connectivity index (χ0v) is 16.0. The maximum absolute atomic E-state index is 12.5. The minimum absolute atomic E-state index is 0.0840. The van der Waals surface area contributed by atoms with E-state index in [1.807, 2.05) is 24.3 Å². The molecule has 1 aliphatic heterocycles. The van der Waals surface area contributed by atoms with E-state index in [0.29, 0.717) is 17.9 Å². The van der Waals surface area contributed by atoms with Crippen molar-refractivity contribution in [1.29, 1.82) is 5.26 Å². The van der Waals surface area contributed by atoms with Crippen molar-refractivity contribution in [3.63, 3.8) is 0 Å². The van der Waals surface area contributed by atoms with Crippen molar-refractivity contribution in [2.45, 2.75) is 62.8 Å². The van der Waals surface area contributed by atoms with E-state index in [1.54, 1.807) is 4.90 Å². The summed E-state index contributed by atoms with van der Waals surface area (Å²) in [7, 11) is 0. The maximum Gasteiger partial charge on any atom is 0.238 e. The van der Waals surface area contributed by atoms with Crippen LogP contribution in [0.5, 0.6) is 5.75 Å². The quantitative estimate of drug-likeness (QED) is 0.791. The van der Waals surface area contributed by atoms with Gasteiger partial charge in [-0.3, -0.25) is 4.79 Å². The van der Waals surface area contributed by atoms with Crippen LogP contribution in [0.4, 0.5) is 0 Å². The van der Waals surface area contributed by atoms with Crippen molar-refractivity contribution in [2.75, 3.05) is 6.54 Å². The van der Waals surface area contributed by atoms with Crippen LogP contribution in [0.25, 0.3) is 0 Å². The lowest BCUT2D eigenvalue weighted by Gasteiger charge is -2.30. The van der Waals surface area contributed by atoms with E-state index in [4.69, 9.17) is 22.8 Å². The fourth-order valence-corrected chi connectivity index (χ4v) is 4.07. The predicted octanol–water partition coefficient (Wildman–Crippen LogP) is 3.14. The number of nitrogens with one attached hydrogen (secondary N) is 1. The largest absolute Gasteiger partial charge is 0.490 e. The highest BCUT2D eigenvalue weighted by molar-refractivity contribution is 6.30. The highest BCUT2D eigenvalue weighted by atomic mass is 35.5. The van der Waals surface area contributed by atoms with Crippen LogP contribution in [-0.4, -0.2) is 41.6 Å². The minimum Gasteiger partial charge on any atom is -0.490 e. The van der Waals surface area contributed by atoms with E-state index < -0.39 is 6.04 Å². The molecule has 0 radical (unpaired) electrons. The molecule has 6 heteroatoms. The average molecular weight is 386 g/mol. The monoisotopic (exact) mass is 385 g/mol. The van der Waals surface area contributed by atoms with Gasteiger partial charge in [0.1, 0.15) is 11.8 Å². The molecular formula is C21H24ClN3O2. The molecule has 2 fully saturated rings. The van der Waals surface area contributed by atoms with Crippen LogP contribution in [0.2, 0.25) is 5.02 Å². The number of amides is 1. The Bertz CT molecular complexity index is 725. The molecule has 3 rings (SSSR count). The first-order valence-corrected chi connectivity index (χ1v) is 9.81. The molecule has 2 atom stereocenters. The second-order valence-electron chi connectivity index (χ2n) is 7.14. The molecule has 0 bridgehead atoms. The van der Waals surface area contributed by atoms with Gasteiger partial charge in [0.25, 0.3) is 0 Å².